The summed E-state index contributed by atoms with van der Waals surface area (Å²) in [5.41, 5.74) is 2.04. The lowest BCUT2D eigenvalue weighted by Gasteiger charge is -2.17. The zero-order valence-corrected chi connectivity index (χ0v) is 10.4. The number of hydrogen-bond acceptors (Lipinski definition) is 3. The zero-order chi connectivity index (χ0) is 13.1. The molecule has 4 nitrogen and oxygen atoms in total. The number of likely N-dealkylation sites (tertiary alicyclic amines) is 1. The molecule has 1 N–H and O–H groups in total. The minimum atomic E-state index is -0.00654. The number of aliphatic hydroxyl groups is 1. The molecule has 1 saturated heterocycles. The molecule has 0 spiro atoms. The van der Waals surface area contributed by atoms with E-state index >= 15 is 0 Å². The molecule has 1 amide bonds. The number of nitrogens with zero attached hydrogens (tertiary/aromatic N) is 2. The fourth-order valence-corrected chi connectivity index (χ4v) is 2.31. The number of aryl methyl sites for hydroxylation is 1. The van der Waals surface area contributed by atoms with Gasteiger partial charge in [0.2, 0.25) is 0 Å². The molecule has 0 bridgehead atoms. The van der Waals surface area contributed by atoms with Crippen LogP contribution in [0.15, 0.2) is 18.2 Å². The largest absolute Gasteiger partial charge is 0.396 e. The molecule has 1 unspecified atom stereocenters. The second-order valence-electron chi connectivity index (χ2n) is 4.73. The molecule has 1 atom stereocenters. The van der Waals surface area contributed by atoms with Crippen molar-refractivity contribution in [3.8, 4) is 6.07 Å². The first-order valence-corrected chi connectivity index (χ1v) is 6.06. The lowest BCUT2D eigenvalue weighted by molar-refractivity contribution is 0.0781. The molecule has 4 heteroatoms. The van der Waals surface area contributed by atoms with Crippen molar-refractivity contribution in [3.05, 3.63) is 34.9 Å². The van der Waals surface area contributed by atoms with Crippen LogP contribution in [0.3, 0.4) is 0 Å². The molecule has 0 aromatic heterocycles. The topological polar surface area (TPSA) is 64.3 Å². The number of rotatable bonds is 2. The van der Waals surface area contributed by atoms with E-state index in [1.807, 2.05) is 6.92 Å². The molecule has 1 heterocycles. The highest BCUT2D eigenvalue weighted by atomic mass is 16.3. The van der Waals surface area contributed by atoms with Gasteiger partial charge in [-0.1, -0.05) is 0 Å². The van der Waals surface area contributed by atoms with Gasteiger partial charge in [0.05, 0.1) is 11.6 Å². The quantitative estimate of drug-likeness (QED) is 0.853. The lowest BCUT2D eigenvalue weighted by atomic mass is 10.0. The lowest BCUT2D eigenvalue weighted by Crippen LogP contribution is -2.29. The first-order valence-electron chi connectivity index (χ1n) is 6.06. The van der Waals surface area contributed by atoms with Gasteiger partial charge in [-0.25, -0.2) is 0 Å². The van der Waals surface area contributed by atoms with Crippen molar-refractivity contribution >= 4 is 5.91 Å². The van der Waals surface area contributed by atoms with E-state index in [0.29, 0.717) is 24.2 Å². The van der Waals surface area contributed by atoms with Crippen LogP contribution in [0, 0.1) is 24.2 Å². The van der Waals surface area contributed by atoms with Crippen LogP contribution in [-0.2, 0) is 0 Å². The number of hydrogen-bond donors (Lipinski definition) is 1. The summed E-state index contributed by atoms with van der Waals surface area (Å²) in [6, 6.07) is 7.17. The number of nitriles is 1. The highest BCUT2D eigenvalue weighted by Crippen LogP contribution is 2.20. The third-order valence-corrected chi connectivity index (χ3v) is 3.42. The van der Waals surface area contributed by atoms with Crippen molar-refractivity contribution in [3.63, 3.8) is 0 Å². The van der Waals surface area contributed by atoms with Crippen LogP contribution in [0.1, 0.15) is 27.9 Å². The van der Waals surface area contributed by atoms with E-state index in [4.69, 9.17) is 10.4 Å². The smallest absolute Gasteiger partial charge is 0.254 e. The number of carbonyl (C=O) groups excluding carboxylic acids is 1. The van der Waals surface area contributed by atoms with Crippen LogP contribution in [0.25, 0.3) is 0 Å². The molecule has 94 valence electrons. The van der Waals surface area contributed by atoms with Crippen molar-refractivity contribution in [1.29, 1.82) is 5.26 Å². The Morgan fingerprint density at radius 1 is 1.61 bits per heavy atom. The van der Waals surface area contributed by atoms with E-state index in [1.54, 1.807) is 23.1 Å². The summed E-state index contributed by atoms with van der Waals surface area (Å²) in [6.07, 6.45) is 0.859. The Balaban J connectivity index is 2.17. The molecule has 1 fully saturated rings. The van der Waals surface area contributed by atoms with E-state index in [1.165, 1.54) is 0 Å². The van der Waals surface area contributed by atoms with Gasteiger partial charge in [-0.05, 0) is 37.1 Å². The van der Waals surface area contributed by atoms with Crippen LogP contribution in [-0.4, -0.2) is 35.6 Å². The normalized spacial score (nSPS) is 18.7. The SMILES string of the molecule is Cc1cc(C#N)ccc1C(=O)N1CCC(CO)C1. The van der Waals surface area contributed by atoms with Crippen molar-refractivity contribution < 1.29 is 9.90 Å². The summed E-state index contributed by atoms with van der Waals surface area (Å²) < 4.78 is 0. The second-order valence-corrected chi connectivity index (χ2v) is 4.73. The fraction of sp³-hybridized carbons (Fsp3) is 0.429. The third kappa shape index (κ3) is 2.36. The molecule has 18 heavy (non-hydrogen) atoms. The number of benzene rings is 1. The van der Waals surface area contributed by atoms with E-state index in [2.05, 4.69) is 6.07 Å². The Bertz CT molecular complexity index is 505. The first-order chi connectivity index (χ1) is 8.65. The molecule has 1 aliphatic rings. The molecular weight excluding hydrogens is 228 g/mol. The Morgan fingerprint density at radius 2 is 2.39 bits per heavy atom. The Kier molecular flexibility index (Phi) is 3.63. The Morgan fingerprint density at radius 3 is 2.94 bits per heavy atom. The fourth-order valence-electron chi connectivity index (χ4n) is 2.31. The van der Waals surface area contributed by atoms with E-state index < -0.39 is 0 Å². The number of amides is 1. The van der Waals surface area contributed by atoms with Gasteiger partial charge in [0.25, 0.3) is 5.91 Å². The van der Waals surface area contributed by atoms with Gasteiger partial charge < -0.3 is 10.0 Å². The zero-order valence-electron chi connectivity index (χ0n) is 10.4. The summed E-state index contributed by atoms with van der Waals surface area (Å²) in [4.78, 5) is 14.1. The van der Waals surface area contributed by atoms with Gasteiger partial charge in [-0.15, -0.1) is 0 Å². The minimum absolute atomic E-state index is 0.00654. The Labute approximate surface area is 106 Å². The molecule has 2 rings (SSSR count). The molecule has 0 saturated carbocycles. The molecule has 0 radical (unpaired) electrons. The summed E-state index contributed by atoms with van der Waals surface area (Å²) in [7, 11) is 0. The Hall–Kier alpha value is -1.86. The average molecular weight is 244 g/mol. The first kappa shape index (κ1) is 12.6. The predicted molar refractivity (Wildman–Crippen MR) is 67.0 cm³/mol. The van der Waals surface area contributed by atoms with Crippen LogP contribution < -0.4 is 0 Å². The van der Waals surface area contributed by atoms with Crippen LogP contribution in [0.2, 0.25) is 0 Å². The van der Waals surface area contributed by atoms with Gasteiger partial charge >= 0.3 is 0 Å². The number of aliphatic hydroxyl groups excluding tert-OH is 1. The summed E-state index contributed by atoms with van der Waals surface area (Å²) >= 11 is 0. The van der Waals surface area contributed by atoms with Crippen LogP contribution in [0.4, 0.5) is 0 Å². The van der Waals surface area contributed by atoms with E-state index in [0.717, 1.165) is 12.0 Å². The van der Waals surface area contributed by atoms with Crippen LogP contribution in [0.5, 0.6) is 0 Å². The van der Waals surface area contributed by atoms with Gasteiger partial charge in [0.1, 0.15) is 0 Å². The van der Waals surface area contributed by atoms with Crippen molar-refractivity contribution in [2.45, 2.75) is 13.3 Å². The van der Waals surface area contributed by atoms with Crippen LogP contribution >= 0.6 is 0 Å². The molecule has 0 aliphatic carbocycles. The third-order valence-electron chi connectivity index (χ3n) is 3.42. The van der Waals surface area contributed by atoms with E-state index in [-0.39, 0.29) is 18.4 Å². The molecular formula is C14H16N2O2. The van der Waals surface area contributed by atoms with Gasteiger partial charge in [-0.3, -0.25) is 4.79 Å². The maximum absolute atomic E-state index is 12.3. The summed E-state index contributed by atoms with van der Waals surface area (Å²) in [5, 5.41) is 17.9. The van der Waals surface area contributed by atoms with Crippen molar-refractivity contribution in [1.82, 2.24) is 4.90 Å². The highest BCUT2D eigenvalue weighted by molar-refractivity contribution is 5.96. The minimum Gasteiger partial charge on any atom is -0.396 e. The molecule has 1 aromatic carbocycles. The number of carbonyl (C=O) groups is 1. The monoisotopic (exact) mass is 244 g/mol. The summed E-state index contributed by atoms with van der Waals surface area (Å²) in [6.45, 7) is 3.29. The van der Waals surface area contributed by atoms with Gasteiger partial charge in [0.15, 0.2) is 0 Å². The maximum atomic E-state index is 12.3. The van der Waals surface area contributed by atoms with Crippen molar-refractivity contribution in [2.75, 3.05) is 19.7 Å². The average Bonchev–Trinajstić information content (AvgIpc) is 2.86. The maximum Gasteiger partial charge on any atom is 0.254 e. The second kappa shape index (κ2) is 5.19. The van der Waals surface area contributed by atoms with Gasteiger partial charge in [-0.2, -0.15) is 5.26 Å². The predicted octanol–water partition coefficient (Wildman–Crippen LogP) is 1.32. The standard InChI is InChI=1S/C14H16N2O2/c1-10-6-11(7-15)2-3-13(10)14(18)16-5-4-12(8-16)9-17/h2-3,6,12,17H,4-5,8-9H2,1H3. The summed E-state index contributed by atoms with van der Waals surface area (Å²) in [5.74, 6) is 0.195. The molecule has 1 aliphatic heterocycles. The van der Waals surface area contributed by atoms with Crippen molar-refractivity contribution in [2.24, 2.45) is 5.92 Å². The highest BCUT2D eigenvalue weighted by Gasteiger charge is 2.27. The van der Waals surface area contributed by atoms with E-state index in [9.17, 15) is 4.79 Å². The van der Waals surface area contributed by atoms with Gasteiger partial charge in [0, 0.05) is 31.2 Å². The molecule has 1 aromatic rings.